The van der Waals surface area contributed by atoms with Crippen LogP contribution in [-0.4, -0.2) is 47.3 Å². The quantitative estimate of drug-likeness (QED) is 0.372. The van der Waals surface area contributed by atoms with Crippen molar-refractivity contribution in [1.82, 2.24) is 0 Å². The van der Waals surface area contributed by atoms with Crippen LogP contribution in [0.5, 0.6) is 0 Å². The molecule has 4 aliphatic carbocycles. The number of fused-ring (bicyclic) bond motifs is 5. The van der Waals surface area contributed by atoms with Gasteiger partial charge in [-0.3, -0.25) is 19.2 Å². The molecule has 0 spiro atoms. The summed E-state index contributed by atoms with van der Waals surface area (Å²) in [4.78, 5) is 47.4. The summed E-state index contributed by atoms with van der Waals surface area (Å²) in [6.45, 7) is 8.96. The Morgan fingerprint density at radius 2 is 1.51 bits per heavy atom. The van der Waals surface area contributed by atoms with Crippen molar-refractivity contribution in [2.24, 2.45) is 40.4 Å². The fraction of sp³-hybridized carbons (Fsp3) is 0.862. The number of rotatable bonds is 7. The van der Waals surface area contributed by atoms with Gasteiger partial charge in [0.25, 0.3) is 0 Å². The predicted octanol–water partition coefficient (Wildman–Crippen LogP) is 4.92. The van der Waals surface area contributed by atoms with E-state index >= 15 is 0 Å². The molecular formula is C29H44O8. The lowest BCUT2D eigenvalue weighted by Crippen LogP contribution is -2.63. The third-order valence-electron chi connectivity index (χ3n) is 10.8. The first kappa shape index (κ1) is 27.9. The van der Waals surface area contributed by atoms with Crippen LogP contribution >= 0.6 is 0 Å². The third-order valence-corrected chi connectivity index (χ3v) is 10.8. The number of carbonyl (C=O) groups is 4. The van der Waals surface area contributed by atoms with E-state index < -0.39 is 5.97 Å². The Morgan fingerprint density at radius 1 is 0.838 bits per heavy atom. The van der Waals surface area contributed by atoms with Crippen LogP contribution in [0.3, 0.4) is 0 Å². The van der Waals surface area contributed by atoms with Crippen LogP contribution < -0.4 is 0 Å². The summed E-state index contributed by atoms with van der Waals surface area (Å²) in [6, 6.07) is 0. The molecule has 10 atom stereocenters. The lowest BCUT2D eigenvalue weighted by atomic mass is 9.43. The maximum atomic E-state index is 12.3. The summed E-state index contributed by atoms with van der Waals surface area (Å²) in [5, 5.41) is 9.19. The summed E-state index contributed by atoms with van der Waals surface area (Å²) >= 11 is 0. The van der Waals surface area contributed by atoms with Crippen molar-refractivity contribution in [3.63, 3.8) is 0 Å². The Balaban J connectivity index is 1.68. The molecule has 37 heavy (non-hydrogen) atoms. The molecule has 0 aromatic heterocycles. The molecule has 0 aliphatic heterocycles. The van der Waals surface area contributed by atoms with Crippen LogP contribution in [0.4, 0.5) is 0 Å². The van der Waals surface area contributed by atoms with Gasteiger partial charge in [-0.1, -0.05) is 13.8 Å². The summed E-state index contributed by atoms with van der Waals surface area (Å²) < 4.78 is 17.8. The number of aliphatic carboxylic acids is 1. The van der Waals surface area contributed by atoms with E-state index in [9.17, 15) is 24.3 Å². The molecule has 4 fully saturated rings. The normalized spacial score (nSPS) is 42.5. The molecule has 0 bridgehead atoms. The van der Waals surface area contributed by atoms with Crippen LogP contribution in [0.2, 0.25) is 0 Å². The second-order valence-electron chi connectivity index (χ2n) is 12.6. The van der Waals surface area contributed by atoms with Crippen molar-refractivity contribution in [3.05, 3.63) is 0 Å². The van der Waals surface area contributed by atoms with E-state index in [1.807, 2.05) is 0 Å². The van der Waals surface area contributed by atoms with E-state index in [0.29, 0.717) is 6.42 Å². The molecule has 0 unspecified atom stereocenters. The fourth-order valence-corrected chi connectivity index (χ4v) is 9.25. The minimum absolute atomic E-state index is 0.0287. The highest BCUT2D eigenvalue weighted by Crippen LogP contribution is 2.69. The average Bonchev–Trinajstić information content (AvgIpc) is 3.11. The zero-order valence-corrected chi connectivity index (χ0v) is 23.0. The van der Waals surface area contributed by atoms with E-state index in [1.54, 1.807) is 0 Å². The molecule has 0 aromatic carbocycles. The fourth-order valence-electron chi connectivity index (χ4n) is 9.25. The Hall–Kier alpha value is -2.12. The van der Waals surface area contributed by atoms with Gasteiger partial charge in [0.2, 0.25) is 0 Å². The van der Waals surface area contributed by atoms with Gasteiger partial charge in [0, 0.05) is 38.5 Å². The molecule has 0 radical (unpaired) electrons. The van der Waals surface area contributed by atoms with E-state index in [2.05, 4.69) is 13.8 Å². The van der Waals surface area contributed by atoms with Gasteiger partial charge in [0.05, 0.1) is 0 Å². The zero-order chi connectivity index (χ0) is 27.1. The Morgan fingerprint density at radius 3 is 2.14 bits per heavy atom. The third kappa shape index (κ3) is 5.26. The van der Waals surface area contributed by atoms with Gasteiger partial charge < -0.3 is 19.3 Å². The molecule has 8 nitrogen and oxygen atoms in total. The first-order chi connectivity index (χ1) is 17.4. The van der Waals surface area contributed by atoms with E-state index in [0.717, 1.165) is 51.4 Å². The number of carbonyl (C=O) groups excluding carboxylic acids is 3. The first-order valence-corrected chi connectivity index (χ1v) is 14.1. The zero-order valence-electron chi connectivity index (χ0n) is 23.0. The highest BCUT2D eigenvalue weighted by Gasteiger charge is 2.67. The number of hydrogen-bond donors (Lipinski definition) is 1. The van der Waals surface area contributed by atoms with Gasteiger partial charge in [-0.25, -0.2) is 0 Å². The van der Waals surface area contributed by atoms with Crippen molar-refractivity contribution in [1.29, 1.82) is 0 Å². The van der Waals surface area contributed by atoms with Crippen LogP contribution in [0, 0.1) is 40.4 Å². The predicted molar refractivity (Wildman–Crippen MR) is 134 cm³/mol. The maximum absolute atomic E-state index is 12.3. The second kappa shape index (κ2) is 10.6. The summed E-state index contributed by atoms with van der Waals surface area (Å²) in [5.41, 5.74) is -0.318. The van der Waals surface area contributed by atoms with Crippen molar-refractivity contribution in [3.8, 4) is 0 Å². The smallest absolute Gasteiger partial charge is 0.303 e. The molecule has 0 amide bonds. The number of ether oxygens (including phenoxy) is 3. The Bertz CT molecular complexity index is 916. The van der Waals surface area contributed by atoms with Crippen LogP contribution in [0.15, 0.2) is 0 Å². The van der Waals surface area contributed by atoms with Crippen molar-refractivity contribution < 1.29 is 38.5 Å². The highest BCUT2D eigenvalue weighted by molar-refractivity contribution is 5.67. The van der Waals surface area contributed by atoms with Crippen molar-refractivity contribution in [2.45, 2.75) is 117 Å². The lowest BCUT2D eigenvalue weighted by Gasteiger charge is -2.64. The first-order valence-electron chi connectivity index (χ1n) is 14.1. The Kier molecular flexibility index (Phi) is 7.97. The van der Waals surface area contributed by atoms with Crippen LogP contribution in [0.1, 0.15) is 98.8 Å². The number of esters is 3. The van der Waals surface area contributed by atoms with Crippen LogP contribution in [-0.2, 0) is 33.4 Å². The van der Waals surface area contributed by atoms with Crippen LogP contribution in [0.25, 0.3) is 0 Å². The van der Waals surface area contributed by atoms with Crippen molar-refractivity contribution >= 4 is 23.9 Å². The van der Waals surface area contributed by atoms with Gasteiger partial charge in [-0.15, -0.1) is 0 Å². The summed E-state index contributed by atoms with van der Waals surface area (Å²) in [7, 11) is 0. The molecule has 0 aromatic rings. The van der Waals surface area contributed by atoms with Crippen molar-refractivity contribution in [2.75, 3.05) is 0 Å². The van der Waals surface area contributed by atoms with Gasteiger partial charge in [-0.05, 0) is 86.9 Å². The van der Waals surface area contributed by atoms with Gasteiger partial charge >= 0.3 is 23.9 Å². The van der Waals surface area contributed by atoms with Gasteiger partial charge in [0.15, 0.2) is 0 Å². The standard InChI is InChI=1S/C29H44O8/c1-16(30)35-21-11-12-28(4)20(13-21)14-24(36-17(2)31)27-22-10-9-19(7-6-8-26(33)34)29(22,5)25(15-23(27)28)37-18(3)32/h19-25,27H,6-15H2,1-5H3,(H,33,34)/t19-,20-,21+,22-,23-,24-,25-,27-,28+,29+/m1/s1. The molecule has 4 aliphatic rings. The topological polar surface area (TPSA) is 116 Å². The minimum Gasteiger partial charge on any atom is -0.481 e. The lowest BCUT2D eigenvalue weighted by molar-refractivity contribution is -0.222. The highest BCUT2D eigenvalue weighted by atomic mass is 16.6. The number of hydrogen-bond acceptors (Lipinski definition) is 7. The second-order valence-corrected chi connectivity index (χ2v) is 12.6. The van der Waals surface area contributed by atoms with E-state index in [4.69, 9.17) is 14.2 Å². The van der Waals surface area contributed by atoms with E-state index in [-0.39, 0.29) is 83.1 Å². The van der Waals surface area contributed by atoms with E-state index in [1.165, 1.54) is 20.8 Å². The van der Waals surface area contributed by atoms with Gasteiger partial charge in [0.1, 0.15) is 18.3 Å². The molecule has 8 heteroatoms. The summed E-state index contributed by atoms with van der Waals surface area (Å²) in [6.07, 6.45) is 6.82. The summed E-state index contributed by atoms with van der Waals surface area (Å²) in [5.74, 6) is -0.513. The number of carboxylic acids is 1. The minimum atomic E-state index is -0.787. The molecule has 208 valence electrons. The number of carboxylic acid groups (broad SMARTS) is 1. The molecule has 0 saturated heterocycles. The molecule has 4 rings (SSSR count). The monoisotopic (exact) mass is 520 g/mol. The largest absolute Gasteiger partial charge is 0.481 e. The molecular weight excluding hydrogens is 476 g/mol. The average molecular weight is 521 g/mol. The van der Waals surface area contributed by atoms with Gasteiger partial charge in [-0.2, -0.15) is 0 Å². The molecule has 0 heterocycles. The Labute approximate surface area is 220 Å². The maximum Gasteiger partial charge on any atom is 0.303 e. The molecule has 4 saturated carbocycles. The molecule has 1 N–H and O–H groups in total. The SMILES string of the molecule is CC(=O)O[C@H]1CC[C@@]2(C)[C@H](C1)C[C@@H](OC(C)=O)[C@H]1[C@H]2C[C@@H](OC(C)=O)[C@@]2(C)[C@H](CCCC(=O)O)CC[C@H]12.